The molecule has 0 aromatic heterocycles. The highest BCUT2D eigenvalue weighted by Crippen LogP contribution is 2.25. The highest BCUT2D eigenvalue weighted by Gasteiger charge is 2.23. The van der Waals surface area contributed by atoms with Gasteiger partial charge in [-0.25, -0.2) is 13.1 Å². The average molecular weight is 227 g/mol. The van der Waals surface area contributed by atoms with E-state index >= 15 is 0 Å². The van der Waals surface area contributed by atoms with Gasteiger partial charge in [-0.1, -0.05) is 36.8 Å². The van der Waals surface area contributed by atoms with Crippen LogP contribution in [0.15, 0.2) is 24.3 Å². The van der Waals surface area contributed by atoms with Crippen LogP contribution in [0.25, 0.3) is 0 Å². The van der Waals surface area contributed by atoms with E-state index in [9.17, 15) is 8.42 Å². The molecule has 0 heterocycles. The molecule has 0 aliphatic carbocycles. The second-order valence-electron chi connectivity index (χ2n) is 3.56. The first-order valence-corrected chi connectivity index (χ1v) is 6.54. The molecule has 4 heteroatoms. The quantitative estimate of drug-likeness (QED) is 0.855. The van der Waals surface area contributed by atoms with E-state index in [4.69, 9.17) is 0 Å². The zero-order valence-corrected chi connectivity index (χ0v) is 10.1. The van der Waals surface area contributed by atoms with Gasteiger partial charge >= 0.3 is 0 Å². The van der Waals surface area contributed by atoms with Gasteiger partial charge in [0.15, 0.2) is 0 Å². The number of nitrogens with one attached hydrogen (secondary N) is 1. The van der Waals surface area contributed by atoms with Crippen molar-refractivity contribution in [3.05, 3.63) is 35.4 Å². The molecule has 0 fully saturated rings. The molecule has 1 N–H and O–H groups in total. The zero-order valence-electron chi connectivity index (χ0n) is 9.32. The van der Waals surface area contributed by atoms with Gasteiger partial charge in [0, 0.05) is 0 Å². The molecule has 84 valence electrons. The number of hydrogen-bond donors (Lipinski definition) is 1. The van der Waals surface area contributed by atoms with Gasteiger partial charge in [0.05, 0.1) is 0 Å². The van der Waals surface area contributed by atoms with Crippen molar-refractivity contribution in [2.75, 3.05) is 7.05 Å². The molecule has 1 unspecified atom stereocenters. The maximum absolute atomic E-state index is 11.7. The van der Waals surface area contributed by atoms with Crippen LogP contribution in [-0.2, 0) is 10.0 Å². The van der Waals surface area contributed by atoms with Gasteiger partial charge in [-0.3, -0.25) is 0 Å². The Morgan fingerprint density at radius 2 is 2.07 bits per heavy atom. The lowest BCUT2D eigenvalue weighted by atomic mass is 10.1. The first-order valence-electron chi connectivity index (χ1n) is 5.00. The number of aryl methyl sites for hydroxylation is 1. The van der Waals surface area contributed by atoms with Gasteiger partial charge in [0.25, 0.3) is 0 Å². The first kappa shape index (κ1) is 12.2. The van der Waals surface area contributed by atoms with Crippen LogP contribution in [0.2, 0.25) is 0 Å². The van der Waals surface area contributed by atoms with Crippen molar-refractivity contribution in [3.63, 3.8) is 0 Å². The second-order valence-corrected chi connectivity index (χ2v) is 5.63. The second kappa shape index (κ2) is 4.77. The summed E-state index contributed by atoms with van der Waals surface area (Å²) in [7, 11) is -1.78. The van der Waals surface area contributed by atoms with Crippen molar-refractivity contribution >= 4 is 10.0 Å². The van der Waals surface area contributed by atoms with Crippen molar-refractivity contribution in [3.8, 4) is 0 Å². The highest BCUT2D eigenvalue weighted by molar-refractivity contribution is 7.89. The van der Waals surface area contributed by atoms with Gasteiger partial charge in [0.2, 0.25) is 10.0 Å². The normalized spacial score (nSPS) is 13.8. The number of benzene rings is 1. The highest BCUT2D eigenvalue weighted by atomic mass is 32.2. The van der Waals surface area contributed by atoms with Crippen LogP contribution in [0.4, 0.5) is 0 Å². The zero-order chi connectivity index (χ0) is 11.5. The molecular weight excluding hydrogens is 210 g/mol. The lowest BCUT2D eigenvalue weighted by Crippen LogP contribution is -2.25. The van der Waals surface area contributed by atoms with Gasteiger partial charge in [-0.15, -0.1) is 0 Å². The SMILES string of the molecule is CCC(c1cccc(C)c1)S(=O)(=O)NC. The lowest BCUT2D eigenvalue weighted by Gasteiger charge is -2.15. The molecule has 0 aliphatic rings. The molecule has 0 bridgehead atoms. The number of hydrogen-bond acceptors (Lipinski definition) is 2. The predicted molar refractivity (Wildman–Crippen MR) is 62.2 cm³/mol. The Morgan fingerprint density at radius 1 is 1.40 bits per heavy atom. The molecule has 1 rings (SSSR count). The monoisotopic (exact) mass is 227 g/mol. The molecule has 0 spiro atoms. The predicted octanol–water partition coefficient (Wildman–Crippen LogP) is 2.00. The summed E-state index contributed by atoms with van der Waals surface area (Å²) in [5.41, 5.74) is 1.93. The Bertz CT molecular complexity index is 426. The summed E-state index contributed by atoms with van der Waals surface area (Å²) >= 11 is 0. The molecule has 0 saturated heterocycles. The standard InChI is InChI=1S/C11H17NO2S/c1-4-11(15(13,14)12-3)10-7-5-6-9(2)8-10/h5-8,11-12H,4H2,1-3H3. The summed E-state index contributed by atoms with van der Waals surface area (Å²) in [4.78, 5) is 0. The fourth-order valence-corrected chi connectivity index (χ4v) is 2.88. The Kier molecular flexibility index (Phi) is 3.88. The molecule has 0 aliphatic heterocycles. The van der Waals surface area contributed by atoms with Crippen molar-refractivity contribution in [1.82, 2.24) is 4.72 Å². The minimum Gasteiger partial charge on any atom is -0.218 e. The molecule has 1 aromatic carbocycles. The van der Waals surface area contributed by atoms with E-state index in [0.717, 1.165) is 11.1 Å². The molecule has 1 aromatic rings. The van der Waals surface area contributed by atoms with E-state index in [1.807, 2.05) is 38.1 Å². The molecule has 0 saturated carbocycles. The third-order valence-corrected chi connectivity index (χ3v) is 4.37. The van der Waals surface area contributed by atoms with Crippen molar-refractivity contribution < 1.29 is 8.42 Å². The molecule has 1 atom stereocenters. The Morgan fingerprint density at radius 3 is 2.53 bits per heavy atom. The van der Waals surface area contributed by atoms with E-state index in [1.165, 1.54) is 7.05 Å². The van der Waals surface area contributed by atoms with E-state index in [2.05, 4.69) is 4.72 Å². The van der Waals surface area contributed by atoms with Crippen molar-refractivity contribution in [1.29, 1.82) is 0 Å². The van der Waals surface area contributed by atoms with Gasteiger partial charge in [-0.05, 0) is 26.0 Å². The Balaban J connectivity index is 3.14. The van der Waals surface area contributed by atoms with E-state index in [0.29, 0.717) is 6.42 Å². The van der Waals surface area contributed by atoms with E-state index < -0.39 is 15.3 Å². The lowest BCUT2D eigenvalue weighted by molar-refractivity contribution is 0.571. The number of sulfonamides is 1. The summed E-state index contributed by atoms with van der Waals surface area (Å²) in [6.45, 7) is 3.84. The van der Waals surface area contributed by atoms with Gasteiger partial charge in [-0.2, -0.15) is 0 Å². The van der Waals surface area contributed by atoms with Crippen LogP contribution in [0.3, 0.4) is 0 Å². The van der Waals surface area contributed by atoms with Gasteiger partial charge < -0.3 is 0 Å². The van der Waals surface area contributed by atoms with Crippen LogP contribution >= 0.6 is 0 Å². The minimum atomic E-state index is -3.23. The Labute approximate surface area is 91.6 Å². The van der Waals surface area contributed by atoms with Gasteiger partial charge in [0.1, 0.15) is 5.25 Å². The third-order valence-electron chi connectivity index (χ3n) is 2.44. The minimum absolute atomic E-state index is 0.456. The van der Waals surface area contributed by atoms with E-state index in [1.54, 1.807) is 0 Å². The maximum atomic E-state index is 11.7. The van der Waals surface area contributed by atoms with Crippen LogP contribution in [0.1, 0.15) is 29.7 Å². The van der Waals surface area contributed by atoms with Crippen LogP contribution in [-0.4, -0.2) is 15.5 Å². The van der Waals surface area contributed by atoms with Crippen LogP contribution < -0.4 is 4.72 Å². The fraction of sp³-hybridized carbons (Fsp3) is 0.455. The summed E-state index contributed by atoms with van der Waals surface area (Å²) in [5, 5.41) is -0.456. The Hall–Kier alpha value is -0.870. The summed E-state index contributed by atoms with van der Waals surface area (Å²) < 4.78 is 25.8. The summed E-state index contributed by atoms with van der Waals surface area (Å²) in [5.74, 6) is 0. The fourth-order valence-electron chi connectivity index (χ4n) is 1.65. The smallest absolute Gasteiger partial charge is 0.218 e. The first-order chi connectivity index (χ1) is 7.01. The van der Waals surface area contributed by atoms with Crippen molar-refractivity contribution in [2.24, 2.45) is 0 Å². The van der Waals surface area contributed by atoms with Crippen LogP contribution in [0.5, 0.6) is 0 Å². The topological polar surface area (TPSA) is 46.2 Å². The largest absolute Gasteiger partial charge is 0.218 e. The van der Waals surface area contributed by atoms with Crippen molar-refractivity contribution in [2.45, 2.75) is 25.5 Å². The molecule has 15 heavy (non-hydrogen) atoms. The molecule has 0 amide bonds. The molecular formula is C11H17NO2S. The number of rotatable bonds is 4. The summed E-state index contributed by atoms with van der Waals surface area (Å²) in [6, 6.07) is 7.62. The maximum Gasteiger partial charge on any atom is 0.218 e. The molecule has 0 radical (unpaired) electrons. The average Bonchev–Trinajstić information content (AvgIpc) is 2.18. The molecule has 3 nitrogen and oxygen atoms in total. The summed E-state index contributed by atoms with van der Waals surface area (Å²) in [6.07, 6.45) is 0.576. The van der Waals surface area contributed by atoms with E-state index in [-0.39, 0.29) is 0 Å². The third kappa shape index (κ3) is 2.79. The van der Waals surface area contributed by atoms with Crippen LogP contribution in [0, 0.1) is 6.92 Å².